The van der Waals surface area contributed by atoms with Crippen molar-refractivity contribution >= 4 is 5.91 Å². The fourth-order valence-corrected chi connectivity index (χ4v) is 2.32. The van der Waals surface area contributed by atoms with Gasteiger partial charge in [-0.05, 0) is 25.7 Å². The summed E-state index contributed by atoms with van der Waals surface area (Å²) in [6.07, 6.45) is 4.94. The van der Waals surface area contributed by atoms with E-state index in [2.05, 4.69) is 6.92 Å². The first-order valence-electron chi connectivity index (χ1n) is 5.67. The van der Waals surface area contributed by atoms with Crippen molar-refractivity contribution in [3.63, 3.8) is 0 Å². The van der Waals surface area contributed by atoms with Gasteiger partial charge in [0.2, 0.25) is 5.91 Å². The number of piperidine rings is 1. The molecule has 0 aromatic carbocycles. The molecule has 2 rings (SSSR count). The zero-order valence-electron chi connectivity index (χ0n) is 8.92. The van der Waals surface area contributed by atoms with E-state index in [1.165, 1.54) is 6.42 Å². The maximum absolute atomic E-state index is 11.6. The summed E-state index contributed by atoms with van der Waals surface area (Å²) in [4.78, 5) is 13.6. The molecule has 2 aliphatic rings. The van der Waals surface area contributed by atoms with Crippen molar-refractivity contribution in [2.45, 2.75) is 44.6 Å². The fraction of sp³-hybridized carbons (Fsp3) is 0.909. The van der Waals surface area contributed by atoms with Crippen LogP contribution in [-0.4, -0.2) is 36.1 Å². The van der Waals surface area contributed by atoms with E-state index in [0.29, 0.717) is 12.3 Å². The lowest BCUT2D eigenvalue weighted by Gasteiger charge is -2.47. The Morgan fingerprint density at radius 2 is 2.00 bits per heavy atom. The molecule has 3 nitrogen and oxygen atoms in total. The molecule has 0 saturated carbocycles. The Morgan fingerprint density at radius 3 is 2.43 bits per heavy atom. The molecule has 1 amide bonds. The van der Waals surface area contributed by atoms with Crippen molar-refractivity contribution in [2.24, 2.45) is 0 Å². The van der Waals surface area contributed by atoms with Crippen molar-refractivity contribution in [1.82, 2.24) is 4.90 Å². The highest BCUT2D eigenvalue weighted by molar-refractivity contribution is 5.76. The number of rotatable bonds is 2. The Bertz CT molecular complexity index is 213. The third-order valence-corrected chi connectivity index (χ3v) is 3.46. The highest BCUT2D eigenvalue weighted by Crippen LogP contribution is 2.36. The number of carbonyl (C=O) groups excluding carboxylic acids is 1. The Morgan fingerprint density at radius 1 is 1.36 bits per heavy atom. The molecule has 80 valence electrons. The molecular formula is C11H19NO2. The summed E-state index contributed by atoms with van der Waals surface area (Å²) in [5.41, 5.74) is 0.170. The van der Waals surface area contributed by atoms with Gasteiger partial charge in [-0.25, -0.2) is 0 Å². The summed E-state index contributed by atoms with van der Waals surface area (Å²) >= 11 is 0. The lowest BCUT2D eigenvalue weighted by molar-refractivity contribution is -0.176. The van der Waals surface area contributed by atoms with Crippen LogP contribution in [0.2, 0.25) is 0 Å². The maximum atomic E-state index is 11.6. The molecule has 0 radical (unpaired) electrons. The van der Waals surface area contributed by atoms with E-state index in [-0.39, 0.29) is 5.60 Å². The summed E-state index contributed by atoms with van der Waals surface area (Å²) in [6.45, 7) is 4.78. The molecule has 0 unspecified atom stereocenters. The third-order valence-electron chi connectivity index (χ3n) is 3.46. The second kappa shape index (κ2) is 3.89. The van der Waals surface area contributed by atoms with Crippen molar-refractivity contribution in [3.8, 4) is 0 Å². The van der Waals surface area contributed by atoms with Crippen molar-refractivity contribution in [3.05, 3.63) is 0 Å². The topological polar surface area (TPSA) is 29.5 Å². The van der Waals surface area contributed by atoms with Gasteiger partial charge >= 0.3 is 0 Å². The molecule has 0 atom stereocenters. The average Bonchev–Trinajstić information content (AvgIpc) is 2.16. The number of hydrogen-bond donors (Lipinski definition) is 0. The van der Waals surface area contributed by atoms with E-state index in [0.717, 1.165) is 39.0 Å². The largest absolute Gasteiger partial charge is 0.375 e. The zero-order chi connectivity index (χ0) is 10.0. The average molecular weight is 197 g/mol. The molecule has 0 aromatic heterocycles. The molecule has 0 N–H and O–H groups in total. The van der Waals surface area contributed by atoms with Crippen LogP contribution in [0.3, 0.4) is 0 Å². The van der Waals surface area contributed by atoms with Crippen LogP contribution in [0.25, 0.3) is 0 Å². The number of carbonyl (C=O) groups is 1. The SMILES string of the molecule is CCCC(=O)N1CCC2(CCO2)CC1. The predicted octanol–water partition coefficient (Wildman–Crippen LogP) is 1.57. The highest BCUT2D eigenvalue weighted by Gasteiger charge is 2.41. The monoisotopic (exact) mass is 197 g/mol. The predicted molar refractivity (Wildman–Crippen MR) is 54.0 cm³/mol. The standard InChI is InChI=1S/C11H19NO2/c1-2-3-10(13)12-7-4-11(5-8-12)6-9-14-11/h2-9H2,1H3. The minimum Gasteiger partial charge on any atom is -0.375 e. The van der Waals surface area contributed by atoms with Crippen molar-refractivity contribution < 1.29 is 9.53 Å². The van der Waals surface area contributed by atoms with Gasteiger partial charge in [-0.2, -0.15) is 0 Å². The molecule has 0 bridgehead atoms. The molecule has 2 saturated heterocycles. The van der Waals surface area contributed by atoms with Gasteiger partial charge in [0.15, 0.2) is 0 Å². The summed E-state index contributed by atoms with van der Waals surface area (Å²) in [6, 6.07) is 0. The molecular weight excluding hydrogens is 178 g/mol. The molecule has 2 aliphatic heterocycles. The van der Waals surface area contributed by atoms with Crippen LogP contribution < -0.4 is 0 Å². The van der Waals surface area contributed by atoms with Crippen LogP contribution in [0.5, 0.6) is 0 Å². The first-order chi connectivity index (χ1) is 6.76. The second-order valence-corrected chi connectivity index (χ2v) is 4.41. The van der Waals surface area contributed by atoms with Crippen LogP contribution >= 0.6 is 0 Å². The normalized spacial score (nSPS) is 24.8. The first kappa shape index (κ1) is 9.97. The Kier molecular flexibility index (Phi) is 2.77. The summed E-state index contributed by atoms with van der Waals surface area (Å²) in [5.74, 6) is 0.321. The highest BCUT2D eigenvalue weighted by atomic mass is 16.5. The van der Waals surface area contributed by atoms with Crippen molar-refractivity contribution in [1.29, 1.82) is 0 Å². The summed E-state index contributed by atoms with van der Waals surface area (Å²) < 4.78 is 5.61. The first-order valence-corrected chi connectivity index (χ1v) is 5.67. The van der Waals surface area contributed by atoms with Gasteiger partial charge in [-0.1, -0.05) is 6.92 Å². The van der Waals surface area contributed by atoms with Gasteiger partial charge in [0.1, 0.15) is 0 Å². The van der Waals surface area contributed by atoms with Gasteiger partial charge in [0, 0.05) is 19.5 Å². The summed E-state index contributed by atoms with van der Waals surface area (Å²) in [5, 5.41) is 0. The van der Waals surface area contributed by atoms with Gasteiger partial charge in [-0.3, -0.25) is 4.79 Å². The molecule has 14 heavy (non-hydrogen) atoms. The Hall–Kier alpha value is -0.570. The fourth-order valence-electron chi connectivity index (χ4n) is 2.32. The van der Waals surface area contributed by atoms with Gasteiger partial charge < -0.3 is 9.64 Å². The molecule has 1 spiro atoms. The van der Waals surface area contributed by atoms with Crippen LogP contribution in [-0.2, 0) is 9.53 Å². The van der Waals surface area contributed by atoms with E-state index in [1.807, 2.05) is 4.90 Å². The zero-order valence-corrected chi connectivity index (χ0v) is 8.92. The van der Waals surface area contributed by atoms with Crippen molar-refractivity contribution in [2.75, 3.05) is 19.7 Å². The van der Waals surface area contributed by atoms with E-state index in [1.54, 1.807) is 0 Å². The lowest BCUT2D eigenvalue weighted by Crippen LogP contribution is -2.53. The van der Waals surface area contributed by atoms with Crippen LogP contribution in [0.4, 0.5) is 0 Å². The third kappa shape index (κ3) is 1.78. The number of nitrogens with zero attached hydrogens (tertiary/aromatic N) is 1. The van der Waals surface area contributed by atoms with E-state index >= 15 is 0 Å². The van der Waals surface area contributed by atoms with Crippen LogP contribution in [0.1, 0.15) is 39.0 Å². The number of ether oxygens (including phenoxy) is 1. The van der Waals surface area contributed by atoms with Gasteiger partial charge in [0.25, 0.3) is 0 Å². The van der Waals surface area contributed by atoms with E-state index < -0.39 is 0 Å². The molecule has 2 fully saturated rings. The quantitative estimate of drug-likeness (QED) is 0.672. The Labute approximate surface area is 85.4 Å². The van der Waals surface area contributed by atoms with E-state index in [9.17, 15) is 4.79 Å². The minimum atomic E-state index is 0.170. The number of likely N-dealkylation sites (tertiary alicyclic amines) is 1. The van der Waals surface area contributed by atoms with Gasteiger partial charge in [-0.15, -0.1) is 0 Å². The smallest absolute Gasteiger partial charge is 0.222 e. The maximum Gasteiger partial charge on any atom is 0.222 e. The minimum absolute atomic E-state index is 0.170. The molecule has 2 heterocycles. The molecule has 3 heteroatoms. The van der Waals surface area contributed by atoms with Crippen LogP contribution in [0, 0.1) is 0 Å². The van der Waals surface area contributed by atoms with Gasteiger partial charge in [0.05, 0.1) is 12.2 Å². The molecule has 0 aliphatic carbocycles. The summed E-state index contributed by atoms with van der Waals surface area (Å²) in [7, 11) is 0. The molecule has 0 aromatic rings. The van der Waals surface area contributed by atoms with Crippen LogP contribution in [0.15, 0.2) is 0 Å². The number of amides is 1. The van der Waals surface area contributed by atoms with E-state index in [4.69, 9.17) is 4.74 Å². The lowest BCUT2D eigenvalue weighted by atomic mass is 9.84. The number of hydrogen-bond acceptors (Lipinski definition) is 2. The Balaban J connectivity index is 1.80. The second-order valence-electron chi connectivity index (χ2n) is 4.41.